The molecule has 0 amide bonds. The predicted molar refractivity (Wildman–Crippen MR) is 85.3 cm³/mol. The standard InChI is InChI=1S/C18H22F3NO3/c19-18(20,21)14-5-3-4-13(12-14)17(23)25-16-7-2-1-6-15(16)22-8-10-24-11-9-22/h3-5,12,15-16H,1-2,6-11H2/t15-,16-/m1/s1. The number of carbonyl (C=O) groups excluding carboxylic acids is 1. The molecule has 1 aromatic carbocycles. The lowest BCUT2D eigenvalue weighted by molar-refractivity contribution is -0.137. The van der Waals surface area contributed by atoms with Crippen molar-refractivity contribution in [2.24, 2.45) is 0 Å². The molecule has 1 aromatic rings. The smallest absolute Gasteiger partial charge is 0.416 e. The number of rotatable bonds is 3. The lowest BCUT2D eigenvalue weighted by Gasteiger charge is -2.41. The van der Waals surface area contributed by atoms with Gasteiger partial charge >= 0.3 is 12.1 Å². The quantitative estimate of drug-likeness (QED) is 0.776. The third kappa shape index (κ3) is 4.52. The van der Waals surface area contributed by atoms with Crippen molar-refractivity contribution in [1.29, 1.82) is 0 Å². The summed E-state index contributed by atoms with van der Waals surface area (Å²) >= 11 is 0. The van der Waals surface area contributed by atoms with E-state index in [0.29, 0.717) is 13.2 Å². The Morgan fingerprint density at radius 1 is 1.16 bits per heavy atom. The first-order chi connectivity index (χ1) is 11.9. The van der Waals surface area contributed by atoms with Crippen LogP contribution in [0.1, 0.15) is 41.6 Å². The number of nitrogens with zero attached hydrogens (tertiary/aromatic N) is 1. The van der Waals surface area contributed by atoms with Crippen LogP contribution in [0, 0.1) is 0 Å². The molecule has 2 fully saturated rings. The molecule has 0 spiro atoms. The first kappa shape index (κ1) is 18.2. The van der Waals surface area contributed by atoms with Crippen molar-refractivity contribution < 1.29 is 27.4 Å². The Morgan fingerprint density at radius 2 is 1.88 bits per heavy atom. The van der Waals surface area contributed by atoms with Crippen molar-refractivity contribution in [2.75, 3.05) is 26.3 Å². The Morgan fingerprint density at radius 3 is 2.60 bits per heavy atom. The first-order valence-corrected chi connectivity index (χ1v) is 8.65. The van der Waals surface area contributed by atoms with E-state index in [1.807, 2.05) is 0 Å². The van der Waals surface area contributed by atoms with Crippen molar-refractivity contribution in [1.82, 2.24) is 4.90 Å². The Kier molecular flexibility index (Phi) is 5.64. The van der Waals surface area contributed by atoms with Gasteiger partial charge < -0.3 is 9.47 Å². The van der Waals surface area contributed by atoms with Crippen LogP contribution in [0.25, 0.3) is 0 Å². The van der Waals surface area contributed by atoms with Crippen LogP contribution in [0.5, 0.6) is 0 Å². The van der Waals surface area contributed by atoms with Crippen LogP contribution in [-0.2, 0) is 15.7 Å². The molecule has 2 atom stereocenters. The van der Waals surface area contributed by atoms with Gasteiger partial charge in [-0.25, -0.2) is 4.79 Å². The molecule has 0 aromatic heterocycles. The first-order valence-electron chi connectivity index (χ1n) is 8.65. The zero-order valence-electron chi connectivity index (χ0n) is 13.9. The van der Waals surface area contributed by atoms with Gasteiger partial charge in [0.15, 0.2) is 0 Å². The fourth-order valence-corrected chi connectivity index (χ4v) is 3.57. The van der Waals surface area contributed by atoms with E-state index in [-0.39, 0.29) is 17.7 Å². The van der Waals surface area contributed by atoms with Gasteiger partial charge in [-0.1, -0.05) is 12.5 Å². The summed E-state index contributed by atoms with van der Waals surface area (Å²) < 4.78 is 49.5. The van der Waals surface area contributed by atoms with Crippen LogP contribution < -0.4 is 0 Å². The normalized spacial score (nSPS) is 25.6. The molecule has 7 heteroatoms. The predicted octanol–water partition coefficient (Wildman–Crippen LogP) is 3.51. The summed E-state index contributed by atoms with van der Waals surface area (Å²) in [7, 11) is 0. The monoisotopic (exact) mass is 357 g/mol. The average molecular weight is 357 g/mol. The van der Waals surface area contributed by atoms with Crippen molar-refractivity contribution in [3.63, 3.8) is 0 Å². The van der Waals surface area contributed by atoms with Crippen molar-refractivity contribution in [2.45, 2.75) is 44.0 Å². The second kappa shape index (κ2) is 7.74. The highest BCUT2D eigenvalue weighted by Gasteiger charge is 2.35. The van der Waals surface area contributed by atoms with Gasteiger partial charge in [0.05, 0.1) is 24.3 Å². The SMILES string of the molecule is O=C(O[C@@H]1CCCC[C@H]1N1CCOCC1)c1cccc(C(F)(F)F)c1. The van der Waals surface area contributed by atoms with E-state index >= 15 is 0 Å². The van der Waals surface area contributed by atoms with Gasteiger partial charge in [-0.15, -0.1) is 0 Å². The summed E-state index contributed by atoms with van der Waals surface area (Å²) in [4.78, 5) is 14.7. The van der Waals surface area contributed by atoms with E-state index in [1.54, 1.807) is 0 Å². The minimum atomic E-state index is -4.47. The molecule has 3 rings (SSSR count). The van der Waals surface area contributed by atoms with Gasteiger partial charge in [0.25, 0.3) is 0 Å². The maximum Gasteiger partial charge on any atom is 0.416 e. The fourth-order valence-electron chi connectivity index (χ4n) is 3.57. The zero-order valence-corrected chi connectivity index (χ0v) is 13.9. The maximum atomic E-state index is 12.8. The molecular weight excluding hydrogens is 335 g/mol. The van der Waals surface area contributed by atoms with Gasteiger partial charge in [0.1, 0.15) is 6.10 Å². The number of alkyl halides is 3. The number of morpholine rings is 1. The minimum absolute atomic E-state index is 0.0545. The summed E-state index contributed by atoms with van der Waals surface area (Å²) in [6.07, 6.45) is -1.06. The second-order valence-electron chi connectivity index (χ2n) is 6.52. The summed E-state index contributed by atoms with van der Waals surface area (Å²) in [5.74, 6) is -0.684. The summed E-state index contributed by atoms with van der Waals surface area (Å²) in [5.41, 5.74) is -0.892. The molecule has 1 saturated carbocycles. The molecule has 1 saturated heterocycles. The number of benzene rings is 1. The van der Waals surface area contributed by atoms with Crippen molar-refractivity contribution in [3.8, 4) is 0 Å². The Labute approximate surface area is 144 Å². The number of ether oxygens (including phenoxy) is 2. The molecule has 1 heterocycles. The highest BCUT2D eigenvalue weighted by molar-refractivity contribution is 5.89. The van der Waals surface area contributed by atoms with Gasteiger partial charge in [-0.3, -0.25) is 4.90 Å². The molecule has 2 aliphatic rings. The van der Waals surface area contributed by atoms with Crippen molar-refractivity contribution in [3.05, 3.63) is 35.4 Å². The molecule has 1 aliphatic heterocycles. The van der Waals surface area contributed by atoms with Crippen LogP contribution >= 0.6 is 0 Å². The fraction of sp³-hybridized carbons (Fsp3) is 0.611. The Balaban J connectivity index is 1.70. The topological polar surface area (TPSA) is 38.8 Å². The van der Waals surface area contributed by atoms with E-state index in [0.717, 1.165) is 50.9 Å². The van der Waals surface area contributed by atoms with Gasteiger partial charge in [0, 0.05) is 19.1 Å². The summed E-state index contributed by atoms with van der Waals surface area (Å²) in [5, 5.41) is 0. The van der Waals surface area contributed by atoms with Crippen LogP contribution in [0.4, 0.5) is 13.2 Å². The molecule has 0 bridgehead atoms. The number of halogens is 3. The molecule has 1 aliphatic carbocycles. The maximum absolute atomic E-state index is 12.8. The van der Waals surface area contributed by atoms with E-state index in [1.165, 1.54) is 12.1 Å². The lowest BCUT2D eigenvalue weighted by Crippen LogP contribution is -2.51. The Bertz CT molecular complexity index is 599. The van der Waals surface area contributed by atoms with Gasteiger partial charge in [-0.05, 0) is 37.5 Å². The molecule has 0 radical (unpaired) electrons. The summed E-state index contributed by atoms with van der Waals surface area (Å²) in [6.45, 7) is 2.90. The van der Waals surface area contributed by atoms with E-state index in [9.17, 15) is 18.0 Å². The highest BCUT2D eigenvalue weighted by Crippen LogP contribution is 2.31. The number of esters is 1. The molecule has 4 nitrogen and oxygen atoms in total. The molecule has 138 valence electrons. The number of hydrogen-bond donors (Lipinski definition) is 0. The van der Waals surface area contributed by atoms with E-state index in [2.05, 4.69) is 4.90 Å². The highest BCUT2D eigenvalue weighted by atomic mass is 19.4. The number of carbonyl (C=O) groups is 1. The van der Waals surface area contributed by atoms with E-state index in [4.69, 9.17) is 9.47 Å². The Hall–Kier alpha value is -1.60. The van der Waals surface area contributed by atoms with Crippen LogP contribution in [0.2, 0.25) is 0 Å². The van der Waals surface area contributed by atoms with Crippen LogP contribution in [0.3, 0.4) is 0 Å². The van der Waals surface area contributed by atoms with Crippen molar-refractivity contribution >= 4 is 5.97 Å². The van der Waals surface area contributed by atoms with Gasteiger partial charge in [0.2, 0.25) is 0 Å². The van der Waals surface area contributed by atoms with E-state index < -0.39 is 17.7 Å². The molecule has 0 unspecified atom stereocenters. The zero-order chi connectivity index (χ0) is 17.9. The average Bonchev–Trinajstić information content (AvgIpc) is 2.62. The largest absolute Gasteiger partial charge is 0.457 e. The molecule has 25 heavy (non-hydrogen) atoms. The van der Waals surface area contributed by atoms with Crippen LogP contribution in [-0.4, -0.2) is 49.3 Å². The second-order valence-corrected chi connectivity index (χ2v) is 6.52. The molecular formula is C18H22F3NO3. The third-order valence-electron chi connectivity index (χ3n) is 4.87. The number of hydrogen-bond acceptors (Lipinski definition) is 4. The minimum Gasteiger partial charge on any atom is -0.457 e. The third-order valence-corrected chi connectivity index (χ3v) is 4.87. The van der Waals surface area contributed by atoms with Gasteiger partial charge in [-0.2, -0.15) is 13.2 Å². The molecule has 0 N–H and O–H groups in total. The summed E-state index contributed by atoms with van der Waals surface area (Å²) in [6, 6.07) is 4.53. The van der Waals surface area contributed by atoms with Crippen LogP contribution in [0.15, 0.2) is 24.3 Å². The lowest BCUT2D eigenvalue weighted by atomic mass is 9.91.